The van der Waals surface area contributed by atoms with Gasteiger partial charge >= 0.3 is 6.09 Å². The standard InChI is InChI=1S/C16H22N2O4/c1-20-8-9-21-16(19)18-12-2-3-13(18)11-15(10-12)22-14-4-6-17-7-5-14/h4-7,12-13,15H,2-3,8-11H2,1H3. The van der Waals surface area contributed by atoms with Crippen molar-refractivity contribution in [3.05, 3.63) is 24.5 Å². The summed E-state index contributed by atoms with van der Waals surface area (Å²) in [7, 11) is 1.60. The second-order valence-electron chi connectivity index (χ2n) is 5.79. The summed E-state index contributed by atoms with van der Waals surface area (Å²) < 4.78 is 16.2. The minimum absolute atomic E-state index is 0.155. The van der Waals surface area contributed by atoms with Crippen molar-refractivity contribution in [3.8, 4) is 5.75 Å². The predicted octanol–water partition coefficient (Wildman–Crippen LogP) is 2.24. The molecule has 2 aliphatic heterocycles. The monoisotopic (exact) mass is 306 g/mol. The number of amides is 1. The van der Waals surface area contributed by atoms with Crippen molar-refractivity contribution in [2.45, 2.75) is 43.9 Å². The summed E-state index contributed by atoms with van der Waals surface area (Å²) in [6, 6.07) is 4.18. The van der Waals surface area contributed by atoms with E-state index in [1.165, 1.54) is 0 Å². The second kappa shape index (κ2) is 6.96. The molecule has 0 radical (unpaired) electrons. The van der Waals surface area contributed by atoms with E-state index in [4.69, 9.17) is 14.2 Å². The maximum Gasteiger partial charge on any atom is 0.410 e. The van der Waals surface area contributed by atoms with Crippen molar-refractivity contribution in [3.63, 3.8) is 0 Å². The molecule has 2 unspecified atom stereocenters. The lowest BCUT2D eigenvalue weighted by molar-refractivity contribution is 0.0240. The van der Waals surface area contributed by atoms with Gasteiger partial charge in [0.15, 0.2) is 0 Å². The third kappa shape index (κ3) is 3.32. The van der Waals surface area contributed by atoms with Gasteiger partial charge < -0.3 is 19.1 Å². The van der Waals surface area contributed by atoms with Crippen molar-refractivity contribution in [2.24, 2.45) is 0 Å². The number of hydrogen-bond donors (Lipinski definition) is 0. The van der Waals surface area contributed by atoms with Crippen molar-refractivity contribution < 1.29 is 19.0 Å². The van der Waals surface area contributed by atoms with E-state index in [1.807, 2.05) is 17.0 Å². The van der Waals surface area contributed by atoms with Gasteiger partial charge in [0, 0.05) is 44.4 Å². The highest BCUT2D eigenvalue weighted by atomic mass is 16.6. The van der Waals surface area contributed by atoms with Crippen LogP contribution in [0.25, 0.3) is 0 Å². The zero-order valence-corrected chi connectivity index (χ0v) is 12.8. The van der Waals surface area contributed by atoms with Gasteiger partial charge in [0.2, 0.25) is 0 Å². The molecule has 6 heteroatoms. The number of pyridine rings is 1. The lowest BCUT2D eigenvalue weighted by Gasteiger charge is -2.38. The Hall–Kier alpha value is -1.82. The number of carbonyl (C=O) groups excluding carboxylic acids is 1. The van der Waals surface area contributed by atoms with E-state index in [9.17, 15) is 4.79 Å². The van der Waals surface area contributed by atoms with E-state index in [0.29, 0.717) is 13.2 Å². The van der Waals surface area contributed by atoms with Crippen molar-refractivity contribution >= 4 is 6.09 Å². The second-order valence-corrected chi connectivity index (χ2v) is 5.79. The fourth-order valence-electron chi connectivity index (χ4n) is 3.42. The minimum atomic E-state index is -0.216. The van der Waals surface area contributed by atoms with E-state index in [1.54, 1.807) is 19.5 Å². The number of nitrogens with zero attached hydrogens (tertiary/aromatic N) is 2. The first kappa shape index (κ1) is 15.1. The molecule has 1 aromatic heterocycles. The van der Waals surface area contributed by atoms with Crippen LogP contribution in [0.4, 0.5) is 4.79 Å². The van der Waals surface area contributed by atoms with Crippen LogP contribution >= 0.6 is 0 Å². The summed E-state index contributed by atoms with van der Waals surface area (Å²) in [4.78, 5) is 18.1. The average molecular weight is 306 g/mol. The zero-order valence-electron chi connectivity index (χ0n) is 12.8. The molecule has 2 atom stereocenters. The number of carbonyl (C=O) groups is 1. The Morgan fingerprint density at radius 3 is 2.55 bits per heavy atom. The van der Waals surface area contributed by atoms with Gasteiger partial charge in [-0.25, -0.2) is 4.79 Å². The molecule has 2 bridgehead atoms. The largest absolute Gasteiger partial charge is 0.490 e. The summed E-state index contributed by atoms with van der Waals surface area (Å²) in [5.74, 6) is 0.843. The molecule has 0 spiro atoms. The molecule has 2 saturated heterocycles. The Balaban J connectivity index is 1.56. The molecule has 6 nitrogen and oxygen atoms in total. The van der Waals surface area contributed by atoms with Crippen LogP contribution in [0.2, 0.25) is 0 Å². The van der Waals surface area contributed by atoms with Gasteiger partial charge in [-0.3, -0.25) is 4.98 Å². The van der Waals surface area contributed by atoms with Gasteiger partial charge in [0.25, 0.3) is 0 Å². The first-order chi connectivity index (χ1) is 10.8. The lowest BCUT2D eigenvalue weighted by atomic mass is 10.0. The highest BCUT2D eigenvalue weighted by molar-refractivity contribution is 5.69. The van der Waals surface area contributed by atoms with Crippen molar-refractivity contribution in [1.29, 1.82) is 0 Å². The van der Waals surface area contributed by atoms with Gasteiger partial charge in [-0.2, -0.15) is 0 Å². The van der Waals surface area contributed by atoms with Crippen LogP contribution in [-0.2, 0) is 9.47 Å². The number of ether oxygens (including phenoxy) is 3. The number of fused-ring (bicyclic) bond motifs is 2. The Morgan fingerprint density at radius 1 is 1.23 bits per heavy atom. The van der Waals surface area contributed by atoms with Gasteiger partial charge in [-0.1, -0.05) is 0 Å². The SMILES string of the molecule is COCCOC(=O)N1C2CCC1CC(Oc1ccncc1)C2. The first-order valence-corrected chi connectivity index (χ1v) is 7.78. The third-order valence-electron chi connectivity index (χ3n) is 4.37. The van der Waals surface area contributed by atoms with Gasteiger partial charge in [-0.15, -0.1) is 0 Å². The molecule has 1 aromatic rings. The Bertz CT molecular complexity index is 482. The van der Waals surface area contributed by atoms with Gasteiger partial charge in [0.05, 0.1) is 6.61 Å². The van der Waals surface area contributed by atoms with E-state index >= 15 is 0 Å². The van der Waals surface area contributed by atoms with Crippen LogP contribution in [0.3, 0.4) is 0 Å². The molecule has 0 saturated carbocycles. The molecule has 22 heavy (non-hydrogen) atoms. The Morgan fingerprint density at radius 2 is 1.91 bits per heavy atom. The van der Waals surface area contributed by atoms with Crippen molar-refractivity contribution in [1.82, 2.24) is 9.88 Å². The van der Waals surface area contributed by atoms with Gasteiger partial charge in [0.1, 0.15) is 18.5 Å². The summed E-state index contributed by atoms with van der Waals surface area (Å²) in [6.45, 7) is 0.741. The number of aromatic nitrogens is 1. The molecule has 3 heterocycles. The molecule has 0 aromatic carbocycles. The van der Waals surface area contributed by atoms with E-state index in [2.05, 4.69) is 4.98 Å². The number of hydrogen-bond acceptors (Lipinski definition) is 5. The average Bonchev–Trinajstić information content (AvgIpc) is 2.80. The molecule has 0 aliphatic carbocycles. The maximum atomic E-state index is 12.2. The number of piperidine rings is 1. The van der Waals surface area contributed by atoms with E-state index < -0.39 is 0 Å². The lowest BCUT2D eigenvalue weighted by Crippen LogP contribution is -2.49. The van der Waals surface area contributed by atoms with Crippen LogP contribution in [-0.4, -0.2) is 54.5 Å². The van der Waals surface area contributed by atoms with Crippen LogP contribution in [0.5, 0.6) is 5.75 Å². The van der Waals surface area contributed by atoms with Gasteiger partial charge in [-0.05, 0) is 25.0 Å². The summed E-state index contributed by atoms with van der Waals surface area (Å²) >= 11 is 0. The highest BCUT2D eigenvalue weighted by Crippen LogP contribution is 2.37. The summed E-state index contributed by atoms with van der Waals surface area (Å²) in [5.41, 5.74) is 0. The zero-order chi connectivity index (χ0) is 15.4. The smallest absolute Gasteiger partial charge is 0.410 e. The quantitative estimate of drug-likeness (QED) is 0.781. The maximum absolute atomic E-state index is 12.2. The number of rotatable bonds is 5. The topological polar surface area (TPSA) is 60.9 Å². The van der Waals surface area contributed by atoms with Crippen LogP contribution in [0.1, 0.15) is 25.7 Å². The molecule has 3 rings (SSSR count). The normalized spacial score (nSPS) is 26.8. The fraction of sp³-hybridized carbons (Fsp3) is 0.625. The minimum Gasteiger partial charge on any atom is -0.490 e. The van der Waals surface area contributed by atoms with E-state index in [0.717, 1.165) is 31.4 Å². The fourth-order valence-corrected chi connectivity index (χ4v) is 3.42. The summed E-state index contributed by atoms with van der Waals surface area (Å²) in [5, 5.41) is 0. The molecule has 2 aliphatic rings. The van der Waals surface area contributed by atoms with Crippen LogP contribution in [0, 0.1) is 0 Å². The molecule has 1 amide bonds. The van der Waals surface area contributed by atoms with Crippen LogP contribution < -0.4 is 4.74 Å². The molecular weight excluding hydrogens is 284 g/mol. The molecular formula is C16H22N2O4. The predicted molar refractivity (Wildman–Crippen MR) is 79.8 cm³/mol. The Kier molecular flexibility index (Phi) is 4.77. The van der Waals surface area contributed by atoms with Crippen LogP contribution in [0.15, 0.2) is 24.5 Å². The Labute approximate surface area is 130 Å². The third-order valence-corrected chi connectivity index (χ3v) is 4.37. The first-order valence-electron chi connectivity index (χ1n) is 7.78. The summed E-state index contributed by atoms with van der Waals surface area (Å²) in [6.07, 6.45) is 7.17. The molecule has 0 N–H and O–H groups in total. The van der Waals surface area contributed by atoms with E-state index in [-0.39, 0.29) is 24.3 Å². The number of methoxy groups -OCH3 is 1. The van der Waals surface area contributed by atoms with Crippen molar-refractivity contribution in [2.75, 3.05) is 20.3 Å². The molecule has 2 fully saturated rings. The molecule has 120 valence electrons. The highest BCUT2D eigenvalue weighted by Gasteiger charge is 2.44.